The summed E-state index contributed by atoms with van der Waals surface area (Å²) in [5.41, 5.74) is 1.32. The Morgan fingerprint density at radius 1 is 0.957 bits per heavy atom. The van der Waals surface area contributed by atoms with Gasteiger partial charge in [-0.05, 0) is 38.2 Å². The maximum atomic E-state index is 12.9. The molecule has 23 heavy (non-hydrogen) atoms. The van der Waals surface area contributed by atoms with Crippen molar-refractivity contribution in [2.75, 3.05) is 26.2 Å². The van der Waals surface area contributed by atoms with E-state index in [4.69, 9.17) is 4.74 Å². The van der Waals surface area contributed by atoms with E-state index < -0.39 is 10.2 Å². The minimum absolute atomic E-state index is 0.0459. The first-order chi connectivity index (χ1) is 11.0. The van der Waals surface area contributed by atoms with E-state index in [1.165, 1.54) is 5.56 Å². The number of nitrogens with zero attached hydrogens (tertiary/aromatic N) is 2. The molecule has 2 atom stereocenters. The molecule has 2 saturated heterocycles. The average molecular weight is 338 g/mol. The molecular formula is C17H26N2O3S. The molecule has 6 heteroatoms. The molecule has 2 unspecified atom stereocenters. The SMILES string of the molecule is CC1CN(S(=O)(=O)N2CCC(c3ccccc3)CC2)CC(C)O1. The summed E-state index contributed by atoms with van der Waals surface area (Å²) < 4.78 is 34.6. The molecule has 5 nitrogen and oxygen atoms in total. The van der Waals surface area contributed by atoms with Crippen LogP contribution in [-0.2, 0) is 14.9 Å². The lowest BCUT2D eigenvalue weighted by molar-refractivity contribution is -0.0456. The van der Waals surface area contributed by atoms with Crippen LogP contribution in [0, 0.1) is 0 Å². The van der Waals surface area contributed by atoms with Crippen molar-refractivity contribution < 1.29 is 13.2 Å². The van der Waals surface area contributed by atoms with Crippen LogP contribution in [0.1, 0.15) is 38.2 Å². The Morgan fingerprint density at radius 3 is 2.09 bits per heavy atom. The molecule has 0 spiro atoms. The third-order valence-electron chi connectivity index (χ3n) is 4.76. The van der Waals surface area contributed by atoms with Crippen molar-refractivity contribution >= 4 is 10.2 Å². The van der Waals surface area contributed by atoms with Gasteiger partial charge in [-0.2, -0.15) is 17.0 Å². The highest BCUT2D eigenvalue weighted by Gasteiger charge is 2.37. The number of hydrogen-bond donors (Lipinski definition) is 0. The summed E-state index contributed by atoms with van der Waals surface area (Å²) in [6.45, 7) is 5.96. The van der Waals surface area contributed by atoms with E-state index in [9.17, 15) is 8.42 Å². The quantitative estimate of drug-likeness (QED) is 0.849. The van der Waals surface area contributed by atoms with Crippen LogP contribution in [0.2, 0.25) is 0 Å². The summed E-state index contributed by atoms with van der Waals surface area (Å²) in [6.07, 6.45) is 1.68. The standard InChI is InChI=1S/C17H26N2O3S/c1-14-12-19(13-15(2)22-14)23(20,21)18-10-8-17(9-11-18)16-6-4-3-5-7-16/h3-7,14-15,17H,8-13H2,1-2H3. The van der Waals surface area contributed by atoms with E-state index in [1.807, 2.05) is 19.9 Å². The largest absolute Gasteiger partial charge is 0.373 e. The van der Waals surface area contributed by atoms with E-state index >= 15 is 0 Å². The lowest BCUT2D eigenvalue weighted by Crippen LogP contribution is -2.54. The van der Waals surface area contributed by atoms with Crippen molar-refractivity contribution in [3.8, 4) is 0 Å². The van der Waals surface area contributed by atoms with Crippen LogP contribution < -0.4 is 0 Å². The Labute approximate surface area is 139 Å². The third kappa shape index (κ3) is 3.76. The molecule has 2 fully saturated rings. The van der Waals surface area contributed by atoms with Gasteiger partial charge in [0, 0.05) is 26.2 Å². The average Bonchev–Trinajstić information content (AvgIpc) is 2.55. The van der Waals surface area contributed by atoms with Gasteiger partial charge in [-0.25, -0.2) is 0 Å². The molecule has 2 aliphatic heterocycles. The molecule has 0 bridgehead atoms. The molecule has 0 radical (unpaired) electrons. The molecule has 2 aliphatic rings. The van der Waals surface area contributed by atoms with E-state index in [1.54, 1.807) is 8.61 Å². The second-order valence-electron chi connectivity index (χ2n) is 6.67. The molecule has 2 heterocycles. The van der Waals surface area contributed by atoms with Crippen LogP contribution in [0.3, 0.4) is 0 Å². The zero-order valence-corrected chi connectivity index (χ0v) is 14.7. The highest BCUT2D eigenvalue weighted by molar-refractivity contribution is 7.86. The van der Waals surface area contributed by atoms with Crippen molar-refractivity contribution in [1.29, 1.82) is 0 Å². The van der Waals surface area contributed by atoms with Crippen molar-refractivity contribution in [2.45, 2.75) is 44.8 Å². The molecule has 0 aromatic heterocycles. The topological polar surface area (TPSA) is 49.9 Å². The van der Waals surface area contributed by atoms with Crippen LogP contribution in [0.5, 0.6) is 0 Å². The van der Waals surface area contributed by atoms with Gasteiger partial charge in [-0.3, -0.25) is 0 Å². The first-order valence-corrected chi connectivity index (χ1v) is 9.82. The van der Waals surface area contributed by atoms with E-state index in [0.717, 1.165) is 12.8 Å². The lowest BCUT2D eigenvalue weighted by Gasteiger charge is -2.39. The Bertz CT molecular complexity index is 602. The second kappa shape index (κ2) is 6.89. The predicted octanol–water partition coefficient (Wildman–Crippen LogP) is 2.22. The molecule has 0 amide bonds. The number of benzene rings is 1. The van der Waals surface area contributed by atoms with Crippen molar-refractivity contribution in [3.63, 3.8) is 0 Å². The van der Waals surface area contributed by atoms with Crippen molar-refractivity contribution in [2.24, 2.45) is 0 Å². The predicted molar refractivity (Wildman–Crippen MR) is 90.5 cm³/mol. The van der Waals surface area contributed by atoms with Gasteiger partial charge in [0.05, 0.1) is 12.2 Å². The highest BCUT2D eigenvalue weighted by atomic mass is 32.2. The monoisotopic (exact) mass is 338 g/mol. The van der Waals surface area contributed by atoms with Crippen molar-refractivity contribution in [1.82, 2.24) is 8.61 Å². The number of rotatable bonds is 3. The zero-order chi connectivity index (χ0) is 16.4. The van der Waals surface area contributed by atoms with Gasteiger partial charge in [-0.1, -0.05) is 30.3 Å². The number of morpholine rings is 1. The first kappa shape index (κ1) is 16.9. The van der Waals surface area contributed by atoms with E-state index in [2.05, 4.69) is 24.3 Å². The minimum Gasteiger partial charge on any atom is -0.373 e. The second-order valence-corrected chi connectivity index (χ2v) is 8.59. The molecule has 1 aromatic carbocycles. The molecule has 0 aliphatic carbocycles. The molecule has 128 valence electrons. The van der Waals surface area contributed by atoms with Crippen molar-refractivity contribution in [3.05, 3.63) is 35.9 Å². The number of ether oxygens (including phenoxy) is 1. The maximum absolute atomic E-state index is 12.9. The fraction of sp³-hybridized carbons (Fsp3) is 0.647. The summed E-state index contributed by atoms with van der Waals surface area (Å²) in [6, 6.07) is 10.4. The van der Waals surface area contributed by atoms with Crippen LogP contribution in [0.25, 0.3) is 0 Å². The molecule has 0 saturated carbocycles. The van der Waals surface area contributed by atoms with Gasteiger partial charge in [-0.15, -0.1) is 0 Å². The number of hydrogen-bond acceptors (Lipinski definition) is 3. The Morgan fingerprint density at radius 2 is 1.52 bits per heavy atom. The highest BCUT2D eigenvalue weighted by Crippen LogP contribution is 2.30. The minimum atomic E-state index is -3.37. The lowest BCUT2D eigenvalue weighted by atomic mass is 9.90. The van der Waals surface area contributed by atoms with Crippen LogP contribution in [-0.4, -0.2) is 55.4 Å². The molecule has 1 aromatic rings. The summed E-state index contributed by atoms with van der Waals surface area (Å²) in [5, 5.41) is 0. The summed E-state index contributed by atoms with van der Waals surface area (Å²) in [5.74, 6) is 0.463. The maximum Gasteiger partial charge on any atom is 0.282 e. The fourth-order valence-electron chi connectivity index (χ4n) is 3.63. The number of piperidine rings is 1. The Kier molecular flexibility index (Phi) is 5.06. The van der Waals surface area contributed by atoms with Gasteiger partial charge in [0.2, 0.25) is 0 Å². The molecule has 0 N–H and O–H groups in total. The Balaban J connectivity index is 1.64. The van der Waals surface area contributed by atoms with Gasteiger partial charge in [0.1, 0.15) is 0 Å². The van der Waals surface area contributed by atoms with Gasteiger partial charge in [0.25, 0.3) is 10.2 Å². The fourth-order valence-corrected chi connectivity index (χ4v) is 5.42. The van der Waals surface area contributed by atoms with Gasteiger partial charge in [0.15, 0.2) is 0 Å². The smallest absolute Gasteiger partial charge is 0.282 e. The van der Waals surface area contributed by atoms with Crippen LogP contribution in [0.15, 0.2) is 30.3 Å². The van der Waals surface area contributed by atoms with E-state index in [-0.39, 0.29) is 12.2 Å². The third-order valence-corrected chi connectivity index (χ3v) is 6.73. The van der Waals surface area contributed by atoms with Gasteiger partial charge < -0.3 is 4.74 Å². The van der Waals surface area contributed by atoms with Gasteiger partial charge >= 0.3 is 0 Å². The van der Waals surface area contributed by atoms with Crippen LogP contribution in [0.4, 0.5) is 0 Å². The Hall–Kier alpha value is -0.950. The van der Waals surface area contributed by atoms with E-state index in [0.29, 0.717) is 32.1 Å². The summed E-state index contributed by atoms with van der Waals surface area (Å²) in [4.78, 5) is 0. The zero-order valence-electron chi connectivity index (χ0n) is 13.9. The molecule has 3 rings (SSSR count). The van der Waals surface area contributed by atoms with Crippen LogP contribution >= 0.6 is 0 Å². The summed E-state index contributed by atoms with van der Waals surface area (Å²) >= 11 is 0. The normalized spacial score (nSPS) is 28.8. The molecular weight excluding hydrogens is 312 g/mol. The first-order valence-electron chi connectivity index (χ1n) is 8.42. The summed E-state index contributed by atoms with van der Waals surface area (Å²) in [7, 11) is -3.37.